The number of para-hydroxylation sites is 1. The fourth-order valence-corrected chi connectivity index (χ4v) is 2.77. The monoisotopic (exact) mass is 407 g/mol. The van der Waals surface area contributed by atoms with Crippen molar-refractivity contribution in [1.82, 2.24) is 5.43 Å². The van der Waals surface area contributed by atoms with Gasteiger partial charge in [-0.25, -0.2) is 10.2 Å². The maximum atomic E-state index is 12.0. The Bertz CT molecular complexity index is 1120. The van der Waals surface area contributed by atoms with E-state index in [9.17, 15) is 19.7 Å². The molecule has 3 aromatic rings. The number of hydrogen-bond donors (Lipinski definition) is 1. The van der Waals surface area contributed by atoms with Gasteiger partial charge in [0.1, 0.15) is 11.5 Å². The number of nitro groups is 1. The SMILES string of the molecule is COC(=O)c1ccccc1-c1ccc(/C=N/NC(=O)Cc2ccccc2[N+](=O)[O-])o1. The molecule has 0 saturated heterocycles. The largest absolute Gasteiger partial charge is 0.465 e. The molecule has 2 aromatic carbocycles. The Kier molecular flexibility index (Phi) is 6.33. The molecule has 0 radical (unpaired) electrons. The maximum Gasteiger partial charge on any atom is 0.338 e. The van der Waals surface area contributed by atoms with Crippen molar-refractivity contribution < 1.29 is 23.7 Å². The molecule has 3 rings (SSSR count). The van der Waals surface area contributed by atoms with Crippen molar-refractivity contribution in [2.24, 2.45) is 5.10 Å². The van der Waals surface area contributed by atoms with Crippen molar-refractivity contribution in [3.05, 3.63) is 87.7 Å². The lowest BCUT2D eigenvalue weighted by molar-refractivity contribution is -0.385. The zero-order valence-electron chi connectivity index (χ0n) is 15.9. The van der Waals surface area contributed by atoms with E-state index in [1.54, 1.807) is 42.5 Å². The molecule has 152 valence electrons. The molecular weight excluding hydrogens is 390 g/mol. The Morgan fingerprint density at radius 1 is 1.13 bits per heavy atom. The van der Waals surface area contributed by atoms with Gasteiger partial charge in [0.15, 0.2) is 0 Å². The number of hydrazone groups is 1. The summed E-state index contributed by atoms with van der Waals surface area (Å²) in [5.74, 6) is -0.220. The van der Waals surface area contributed by atoms with Crippen LogP contribution in [0.3, 0.4) is 0 Å². The first-order chi connectivity index (χ1) is 14.5. The smallest absolute Gasteiger partial charge is 0.338 e. The number of amides is 1. The number of benzene rings is 2. The van der Waals surface area contributed by atoms with E-state index >= 15 is 0 Å². The second kappa shape index (κ2) is 9.28. The molecule has 1 N–H and O–H groups in total. The molecule has 0 bridgehead atoms. The predicted octanol–water partition coefficient (Wildman–Crippen LogP) is 3.33. The molecule has 1 heterocycles. The summed E-state index contributed by atoms with van der Waals surface area (Å²) in [6.07, 6.45) is 1.10. The van der Waals surface area contributed by atoms with Gasteiger partial charge >= 0.3 is 5.97 Å². The van der Waals surface area contributed by atoms with Crippen LogP contribution in [0.4, 0.5) is 5.69 Å². The van der Waals surface area contributed by atoms with Gasteiger partial charge in [-0.2, -0.15) is 5.10 Å². The molecule has 0 spiro atoms. The fourth-order valence-electron chi connectivity index (χ4n) is 2.77. The summed E-state index contributed by atoms with van der Waals surface area (Å²) in [4.78, 5) is 34.4. The quantitative estimate of drug-likeness (QED) is 0.277. The third kappa shape index (κ3) is 4.76. The van der Waals surface area contributed by atoms with Crippen LogP contribution in [0.1, 0.15) is 21.7 Å². The van der Waals surface area contributed by atoms with Crippen molar-refractivity contribution in [3.63, 3.8) is 0 Å². The average Bonchev–Trinajstić information content (AvgIpc) is 3.22. The van der Waals surface area contributed by atoms with Crippen molar-refractivity contribution in [3.8, 4) is 11.3 Å². The Balaban J connectivity index is 1.67. The van der Waals surface area contributed by atoms with Gasteiger partial charge in [-0.1, -0.05) is 36.4 Å². The van der Waals surface area contributed by atoms with Crippen LogP contribution in [0.5, 0.6) is 0 Å². The van der Waals surface area contributed by atoms with Gasteiger partial charge in [0.25, 0.3) is 5.69 Å². The van der Waals surface area contributed by atoms with Crippen LogP contribution < -0.4 is 5.43 Å². The van der Waals surface area contributed by atoms with E-state index in [-0.39, 0.29) is 17.7 Å². The van der Waals surface area contributed by atoms with Crippen LogP contribution in [-0.4, -0.2) is 30.1 Å². The number of nitrogens with one attached hydrogen (secondary N) is 1. The zero-order chi connectivity index (χ0) is 21.5. The normalized spacial score (nSPS) is 10.7. The second-order valence-electron chi connectivity index (χ2n) is 6.09. The number of nitrogens with zero attached hydrogens (tertiary/aromatic N) is 2. The van der Waals surface area contributed by atoms with Gasteiger partial charge < -0.3 is 9.15 Å². The van der Waals surface area contributed by atoms with Crippen LogP contribution in [0.2, 0.25) is 0 Å². The van der Waals surface area contributed by atoms with E-state index in [0.29, 0.717) is 22.6 Å². The molecule has 1 aromatic heterocycles. The van der Waals surface area contributed by atoms with Gasteiger partial charge in [0.2, 0.25) is 5.91 Å². The number of carbonyl (C=O) groups excluding carboxylic acids is 2. The minimum absolute atomic E-state index is 0.128. The lowest BCUT2D eigenvalue weighted by Crippen LogP contribution is -2.20. The molecule has 30 heavy (non-hydrogen) atoms. The zero-order valence-corrected chi connectivity index (χ0v) is 15.9. The highest BCUT2D eigenvalue weighted by atomic mass is 16.6. The molecule has 0 saturated carbocycles. The molecule has 1 amide bonds. The lowest BCUT2D eigenvalue weighted by atomic mass is 10.1. The minimum Gasteiger partial charge on any atom is -0.465 e. The molecule has 9 heteroatoms. The summed E-state index contributed by atoms with van der Waals surface area (Å²) in [5, 5.41) is 14.8. The van der Waals surface area contributed by atoms with Crippen molar-refractivity contribution >= 4 is 23.8 Å². The number of carbonyl (C=O) groups is 2. The van der Waals surface area contributed by atoms with E-state index in [4.69, 9.17) is 9.15 Å². The number of ether oxygens (including phenoxy) is 1. The van der Waals surface area contributed by atoms with Crippen molar-refractivity contribution in [2.75, 3.05) is 7.11 Å². The topological polar surface area (TPSA) is 124 Å². The summed E-state index contributed by atoms with van der Waals surface area (Å²) in [5.41, 5.74) is 3.38. The number of methoxy groups -OCH3 is 1. The first-order valence-electron chi connectivity index (χ1n) is 8.81. The standard InChI is InChI=1S/C21H17N3O6/c1-29-21(26)17-8-4-3-7-16(17)19-11-10-15(30-19)13-22-23-20(25)12-14-6-2-5-9-18(14)24(27)28/h2-11,13H,12H2,1H3,(H,23,25)/b22-13+. The first kappa shape index (κ1) is 20.5. The summed E-state index contributed by atoms with van der Waals surface area (Å²) < 4.78 is 10.4. The second-order valence-corrected chi connectivity index (χ2v) is 6.09. The Hall–Kier alpha value is -4.27. The number of hydrogen-bond acceptors (Lipinski definition) is 7. The predicted molar refractivity (Wildman–Crippen MR) is 108 cm³/mol. The fraction of sp³-hybridized carbons (Fsp3) is 0.0952. The average molecular weight is 407 g/mol. The third-order valence-electron chi connectivity index (χ3n) is 4.14. The molecule has 9 nitrogen and oxygen atoms in total. The Morgan fingerprint density at radius 2 is 1.87 bits per heavy atom. The summed E-state index contributed by atoms with van der Waals surface area (Å²) in [7, 11) is 1.30. The van der Waals surface area contributed by atoms with Gasteiger partial charge in [-0.3, -0.25) is 14.9 Å². The number of esters is 1. The van der Waals surface area contributed by atoms with E-state index in [1.165, 1.54) is 31.5 Å². The highest BCUT2D eigenvalue weighted by molar-refractivity contribution is 5.96. The molecule has 0 atom stereocenters. The van der Waals surface area contributed by atoms with Crippen LogP contribution in [0.25, 0.3) is 11.3 Å². The molecular formula is C21H17N3O6. The van der Waals surface area contributed by atoms with Gasteiger partial charge in [-0.15, -0.1) is 0 Å². The van der Waals surface area contributed by atoms with Gasteiger partial charge in [-0.05, 0) is 18.2 Å². The lowest BCUT2D eigenvalue weighted by Gasteiger charge is -2.04. The number of furan rings is 1. The maximum absolute atomic E-state index is 12.0. The van der Waals surface area contributed by atoms with E-state index in [1.807, 2.05) is 0 Å². The summed E-state index contributed by atoms with van der Waals surface area (Å²) >= 11 is 0. The van der Waals surface area contributed by atoms with Crippen LogP contribution >= 0.6 is 0 Å². The molecule has 0 unspecified atom stereocenters. The highest BCUT2D eigenvalue weighted by Gasteiger charge is 2.16. The first-order valence-corrected chi connectivity index (χ1v) is 8.81. The minimum atomic E-state index is -0.539. The van der Waals surface area contributed by atoms with Crippen molar-refractivity contribution in [2.45, 2.75) is 6.42 Å². The van der Waals surface area contributed by atoms with Gasteiger partial charge in [0.05, 0.1) is 30.2 Å². The van der Waals surface area contributed by atoms with E-state index < -0.39 is 16.8 Å². The Morgan fingerprint density at radius 3 is 2.63 bits per heavy atom. The summed E-state index contributed by atoms with van der Waals surface area (Å²) in [6, 6.07) is 16.1. The van der Waals surface area contributed by atoms with Crippen LogP contribution in [0, 0.1) is 10.1 Å². The van der Waals surface area contributed by atoms with Crippen LogP contribution in [-0.2, 0) is 16.0 Å². The molecule has 0 aliphatic heterocycles. The third-order valence-corrected chi connectivity index (χ3v) is 4.14. The van der Waals surface area contributed by atoms with Crippen LogP contribution in [0.15, 0.2) is 70.2 Å². The van der Waals surface area contributed by atoms with E-state index in [0.717, 1.165) is 0 Å². The summed E-state index contributed by atoms with van der Waals surface area (Å²) in [6.45, 7) is 0. The van der Waals surface area contributed by atoms with Crippen molar-refractivity contribution in [1.29, 1.82) is 0 Å². The Labute approximate surface area is 171 Å². The molecule has 0 aliphatic carbocycles. The molecule has 0 aliphatic rings. The highest BCUT2D eigenvalue weighted by Crippen LogP contribution is 2.26. The number of nitro benzene ring substituents is 1. The molecule has 0 fully saturated rings. The van der Waals surface area contributed by atoms with Gasteiger partial charge in [0, 0.05) is 17.2 Å². The van der Waals surface area contributed by atoms with E-state index in [2.05, 4.69) is 10.5 Å². The number of rotatable bonds is 7.